The Morgan fingerprint density at radius 1 is 1.33 bits per heavy atom. The summed E-state index contributed by atoms with van der Waals surface area (Å²) in [6.07, 6.45) is -0.722. The third-order valence-electron chi connectivity index (χ3n) is 2.67. The molecule has 0 aliphatic heterocycles. The summed E-state index contributed by atoms with van der Waals surface area (Å²) in [4.78, 5) is 12.1. The lowest BCUT2D eigenvalue weighted by molar-refractivity contribution is -0.122. The highest BCUT2D eigenvalue weighted by Crippen LogP contribution is 2.24. The maximum absolute atomic E-state index is 13.0. The van der Waals surface area contributed by atoms with Crippen LogP contribution in [0.15, 0.2) is 46.9 Å². The van der Waals surface area contributed by atoms with E-state index in [1.54, 1.807) is 31.2 Å². The number of amides is 1. The molecule has 3 nitrogen and oxygen atoms in total. The molecule has 0 saturated carbocycles. The molecule has 0 heterocycles. The van der Waals surface area contributed by atoms with Gasteiger partial charge in [0.2, 0.25) is 0 Å². The Kier molecular flexibility index (Phi) is 5.20. The maximum Gasteiger partial charge on any atom is 0.265 e. The van der Waals surface area contributed by atoms with Crippen molar-refractivity contribution >= 4 is 39.1 Å². The fraction of sp³-hybridized carbons (Fsp3) is 0.133. The van der Waals surface area contributed by atoms with Crippen molar-refractivity contribution in [1.29, 1.82) is 0 Å². The fourth-order valence-electron chi connectivity index (χ4n) is 1.62. The summed E-state index contributed by atoms with van der Waals surface area (Å²) in [6, 6.07) is 10.8. The van der Waals surface area contributed by atoms with E-state index < -0.39 is 6.10 Å². The summed E-state index contributed by atoms with van der Waals surface area (Å²) in [6.45, 7) is 1.62. The molecule has 0 fully saturated rings. The SMILES string of the molecule is CC(Oc1cccc(Cl)c1)C(=O)Nc1ccc(F)cc1Br. The fourth-order valence-corrected chi connectivity index (χ4v) is 2.25. The second kappa shape index (κ2) is 6.91. The summed E-state index contributed by atoms with van der Waals surface area (Å²) in [7, 11) is 0. The van der Waals surface area contributed by atoms with Crippen molar-refractivity contribution in [2.45, 2.75) is 13.0 Å². The smallest absolute Gasteiger partial charge is 0.265 e. The lowest BCUT2D eigenvalue weighted by Crippen LogP contribution is -2.30. The molecule has 0 radical (unpaired) electrons. The normalized spacial score (nSPS) is 11.8. The summed E-state index contributed by atoms with van der Waals surface area (Å²) in [5, 5.41) is 3.19. The van der Waals surface area contributed by atoms with Crippen molar-refractivity contribution in [3.05, 3.63) is 57.8 Å². The Balaban J connectivity index is 2.02. The van der Waals surface area contributed by atoms with Crippen LogP contribution in [0.1, 0.15) is 6.92 Å². The molecule has 6 heteroatoms. The first-order chi connectivity index (χ1) is 9.95. The first-order valence-corrected chi connectivity index (χ1v) is 7.31. The van der Waals surface area contributed by atoms with E-state index in [2.05, 4.69) is 21.2 Å². The average Bonchev–Trinajstić information content (AvgIpc) is 2.41. The van der Waals surface area contributed by atoms with E-state index in [1.807, 2.05) is 0 Å². The second-order valence-corrected chi connectivity index (χ2v) is 5.62. The molecule has 0 bridgehead atoms. The quantitative estimate of drug-likeness (QED) is 0.848. The lowest BCUT2D eigenvalue weighted by atomic mass is 10.3. The third kappa shape index (κ3) is 4.44. The van der Waals surface area contributed by atoms with Crippen molar-refractivity contribution in [2.75, 3.05) is 5.32 Å². The Morgan fingerprint density at radius 3 is 2.76 bits per heavy atom. The van der Waals surface area contributed by atoms with E-state index in [-0.39, 0.29) is 11.7 Å². The minimum absolute atomic E-state index is 0.345. The van der Waals surface area contributed by atoms with Crippen LogP contribution in [0.5, 0.6) is 5.75 Å². The maximum atomic E-state index is 13.0. The summed E-state index contributed by atoms with van der Waals surface area (Å²) >= 11 is 9.04. The zero-order valence-electron chi connectivity index (χ0n) is 11.1. The largest absolute Gasteiger partial charge is 0.481 e. The molecule has 1 atom stereocenters. The molecular weight excluding hydrogens is 361 g/mol. The van der Waals surface area contributed by atoms with Gasteiger partial charge in [-0.3, -0.25) is 4.79 Å². The van der Waals surface area contributed by atoms with Gasteiger partial charge in [0.05, 0.1) is 5.69 Å². The van der Waals surface area contributed by atoms with Gasteiger partial charge in [-0.25, -0.2) is 4.39 Å². The number of carbonyl (C=O) groups excluding carboxylic acids is 1. The van der Waals surface area contributed by atoms with Crippen LogP contribution in [-0.2, 0) is 4.79 Å². The van der Waals surface area contributed by atoms with Crippen LogP contribution in [0.4, 0.5) is 10.1 Å². The van der Waals surface area contributed by atoms with E-state index in [9.17, 15) is 9.18 Å². The van der Waals surface area contributed by atoms with Gasteiger partial charge < -0.3 is 10.1 Å². The number of hydrogen-bond acceptors (Lipinski definition) is 2. The van der Waals surface area contributed by atoms with Gasteiger partial charge in [0.1, 0.15) is 11.6 Å². The zero-order valence-corrected chi connectivity index (χ0v) is 13.4. The van der Waals surface area contributed by atoms with Crippen LogP contribution in [0.25, 0.3) is 0 Å². The molecule has 0 aliphatic carbocycles. The molecule has 2 aromatic rings. The number of hydrogen-bond donors (Lipinski definition) is 1. The van der Waals surface area contributed by atoms with Gasteiger partial charge in [-0.05, 0) is 59.3 Å². The number of ether oxygens (including phenoxy) is 1. The van der Waals surface area contributed by atoms with Gasteiger partial charge in [-0.2, -0.15) is 0 Å². The zero-order chi connectivity index (χ0) is 15.4. The highest BCUT2D eigenvalue weighted by Gasteiger charge is 2.16. The van der Waals surface area contributed by atoms with Crippen LogP contribution in [0, 0.1) is 5.82 Å². The topological polar surface area (TPSA) is 38.3 Å². The molecule has 21 heavy (non-hydrogen) atoms. The number of halogens is 3. The number of anilines is 1. The third-order valence-corrected chi connectivity index (χ3v) is 3.56. The summed E-state index contributed by atoms with van der Waals surface area (Å²) in [5.41, 5.74) is 0.475. The van der Waals surface area contributed by atoms with Gasteiger partial charge in [-0.15, -0.1) is 0 Å². The number of rotatable bonds is 4. The summed E-state index contributed by atoms with van der Waals surface area (Å²) in [5.74, 6) is -0.228. The second-order valence-electron chi connectivity index (χ2n) is 4.33. The Morgan fingerprint density at radius 2 is 2.10 bits per heavy atom. The molecule has 1 amide bonds. The van der Waals surface area contributed by atoms with Crippen molar-refractivity contribution in [3.63, 3.8) is 0 Å². The summed E-state index contributed by atoms with van der Waals surface area (Å²) < 4.78 is 19.0. The van der Waals surface area contributed by atoms with Crippen molar-refractivity contribution in [2.24, 2.45) is 0 Å². The Bertz CT molecular complexity index is 666. The Labute approximate surface area is 135 Å². The minimum atomic E-state index is -0.722. The number of benzene rings is 2. The molecule has 0 saturated heterocycles. The average molecular weight is 373 g/mol. The molecule has 2 aromatic carbocycles. The van der Waals surface area contributed by atoms with Crippen molar-refractivity contribution in [1.82, 2.24) is 0 Å². The van der Waals surface area contributed by atoms with E-state index >= 15 is 0 Å². The molecule has 0 spiro atoms. The molecular formula is C15H12BrClFNO2. The van der Waals surface area contributed by atoms with Gasteiger partial charge in [0.15, 0.2) is 6.10 Å². The van der Waals surface area contributed by atoms with Crippen LogP contribution in [-0.4, -0.2) is 12.0 Å². The van der Waals surface area contributed by atoms with E-state index in [1.165, 1.54) is 18.2 Å². The van der Waals surface area contributed by atoms with Gasteiger partial charge in [0.25, 0.3) is 5.91 Å². The van der Waals surface area contributed by atoms with Crippen molar-refractivity contribution < 1.29 is 13.9 Å². The standard InChI is InChI=1S/C15H12BrClFNO2/c1-9(21-12-4-2-3-10(17)7-12)15(20)19-14-6-5-11(18)8-13(14)16/h2-9H,1H3,(H,19,20). The first kappa shape index (κ1) is 15.8. The van der Waals surface area contributed by atoms with E-state index in [0.717, 1.165) is 0 Å². The van der Waals surface area contributed by atoms with Gasteiger partial charge in [0, 0.05) is 9.50 Å². The van der Waals surface area contributed by atoms with Crippen LogP contribution < -0.4 is 10.1 Å². The van der Waals surface area contributed by atoms with Crippen LogP contribution >= 0.6 is 27.5 Å². The van der Waals surface area contributed by atoms with Crippen LogP contribution in [0.2, 0.25) is 5.02 Å². The highest BCUT2D eigenvalue weighted by atomic mass is 79.9. The highest BCUT2D eigenvalue weighted by molar-refractivity contribution is 9.10. The monoisotopic (exact) mass is 371 g/mol. The molecule has 110 valence electrons. The van der Waals surface area contributed by atoms with E-state index in [4.69, 9.17) is 16.3 Å². The van der Waals surface area contributed by atoms with Gasteiger partial charge >= 0.3 is 0 Å². The van der Waals surface area contributed by atoms with Crippen molar-refractivity contribution in [3.8, 4) is 5.75 Å². The first-order valence-electron chi connectivity index (χ1n) is 6.14. The molecule has 2 rings (SSSR count). The van der Waals surface area contributed by atoms with Gasteiger partial charge in [-0.1, -0.05) is 17.7 Å². The van der Waals surface area contributed by atoms with Crippen LogP contribution in [0.3, 0.4) is 0 Å². The number of carbonyl (C=O) groups is 1. The Hall–Kier alpha value is -1.59. The molecule has 0 aliphatic rings. The predicted octanol–water partition coefficient (Wildman–Crippen LogP) is 4.65. The minimum Gasteiger partial charge on any atom is -0.481 e. The molecule has 1 unspecified atom stereocenters. The number of nitrogens with one attached hydrogen (secondary N) is 1. The predicted molar refractivity (Wildman–Crippen MR) is 84.3 cm³/mol. The van der Waals surface area contributed by atoms with E-state index in [0.29, 0.717) is 20.9 Å². The molecule has 1 N–H and O–H groups in total. The lowest BCUT2D eigenvalue weighted by Gasteiger charge is -2.15. The molecule has 0 aromatic heterocycles.